The van der Waals surface area contributed by atoms with Gasteiger partial charge in [0.05, 0.1) is 24.0 Å². The highest BCUT2D eigenvalue weighted by Gasteiger charge is 2.30. The number of likely N-dealkylation sites (tertiary alicyclic amines) is 1. The molecule has 1 aromatic carbocycles. The summed E-state index contributed by atoms with van der Waals surface area (Å²) in [7, 11) is 0. The van der Waals surface area contributed by atoms with Gasteiger partial charge in [-0.3, -0.25) is 4.79 Å². The van der Waals surface area contributed by atoms with Gasteiger partial charge in [-0.2, -0.15) is 0 Å². The number of carbonyl (C=O) groups is 1. The van der Waals surface area contributed by atoms with E-state index in [9.17, 15) is 9.90 Å². The molecule has 36 heavy (non-hydrogen) atoms. The molecule has 2 aromatic heterocycles. The Hall–Kier alpha value is -3.53. The van der Waals surface area contributed by atoms with Crippen LogP contribution in [0.4, 0.5) is 29.0 Å². The predicted octanol–water partition coefficient (Wildman–Crippen LogP) is 5.53. The molecule has 1 atom stereocenters. The highest BCUT2D eigenvalue weighted by atomic mass is 32.1. The first kappa shape index (κ1) is 24.2. The summed E-state index contributed by atoms with van der Waals surface area (Å²) in [6.07, 6.45) is 1.98. The van der Waals surface area contributed by atoms with Crippen molar-refractivity contribution in [2.75, 3.05) is 41.0 Å². The van der Waals surface area contributed by atoms with Crippen LogP contribution >= 0.6 is 11.3 Å². The quantitative estimate of drug-likeness (QED) is 0.277. The number of amides is 1. The molecule has 4 heterocycles. The van der Waals surface area contributed by atoms with Crippen LogP contribution in [0, 0.1) is 12.3 Å². The Kier molecular flexibility index (Phi) is 6.38. The fraction of sp³-hybridized carbons (Fsp3) is 0.423. The number of phenols is 1. The van der Waals surface area contributed by atoms with Crippen LogP contribution in [0.1, 0.15) is 59.8 Å². The number of aromatic nitrogens is 2. The summed E-state index contributed by atoms with van der Waals surface area (Å²) in [5.74, 6) is 2.08. The van der Waals surface area contributed by atoms with Crippen molar-refractivity contribution in [1.29, 1.82) is 0 Å². The van der Waals surface area contributed by atoms with Crippen LogP contribution in [0.25, 0.3) is 0 Å². The van der Waals surface area contributed by atoms with Crippen molar-refractivity contribution in [3.05, 3.63) is 45.6 Å². The fourth-order valence-electron chi connectivity index (χ4n) is 4.58. The molecular formula is C26H33N7O2S. The van der Waals surface area contributed by atoms with Gasteiger partial charge in [0.1, 0.15) is 0 Å². The van der Waals surface area contributed by atoms with E-state index in [-0.39, 0.29) is 28.7 Å². The average molecular weight is 508 g/mol. The second kappa shape index (κ2) is 9.50. The molecule has 3 aromatic rings. The number of hydrogen-bond donors (Lipinski definition) is 5. The van der Waals surface area contributed by atoms with Crippen molar-refractivity contribution in [2.45, 2.75) is 46.6 Å². The lowest BCUT2D eigenvalue weighted by molar-refractivity contribution is 0.0790. The Balaban J connectivity index is 1.50. The summed E-state index contributed by atoms with van der Waals surface area (Å²) < 4.78 is 0. The molecule has 0 radical (unpaired) electrons. The Morgan fingerprint density at radius 3 is 2.42 bits per heavy atom. The van der Waals surface area contributed by atoms with Gasteiger partial charge >= 0.3 is 0 Å². The number of aromatic hydroxyl groups is 1. The van der Waals surface area contributed by atoms with Gasteiger partial charge in [-0.15, -0.1) is 11.3 Å². The van der Waals surface area contributed by atoms with Crippen molar-refractivity contribution < 1.29 is 9.90 Å². The Labute approximate surface area is 215 Å². The molecule has 190 valence electrons. The molecule has 1 fully saturated rings. The number of benzene rings is 1. The van der Waals surface area contributed by atoms with E-state index in [0.29, 0.717) is 35.6 Å². The van der Waals surface area contributed by atoms with Gasteiger partial charge in [-0.1, -0.05) is 26.8 Å². The largest absolute Gasteiger partial charge is 0.505 e. The zero-order valence-electron chi connectivity index (χ0n) is 21.1. The first-order chi connectivity index (χ1) is 17.2. The predicted molar refractivity (Wildman–Crippen MR) is 146 cm³/mol. The van der Waals surface area contributed by atoms with Crippen molar-refractivity contribution in [3.63, 3.8) is 0 Å². The molecule has 10 heteroatoms. The second-order valence-electron chi connectivity index (χ2n) is 10.4. The minimum atomic E-state index is -0.154. The van der Waals surface area contributed by atoms with E-state index in [2.05, 4.69) is 61.1 Å². The molecule has 1 saturated heterocycles. The number of carbonyl (C=O) groups excluding carboxylic acids is 1. The number of aryl methyl sites for hydroxylation is 1. The molecule has 1 amide bonds. The van der Waals surface area contributed by atoms with E-state index >= 15 is 0 Å². The van der Waals surface area contributed by atoms with Gasteiger partial charge in [0.25, 0.3) is 5.91 Å². The molecule has 5 rings (SSSR count). The molecule has 0 saturated carbocycles. The lowest BCUT2D eigenvalue weighted by Gasteiger charge is -2.32. The molecule has 0 aliphatic carbocycles. The van der Waals surface area contributed by atoms with Crippen molar-refractivity contribution in [1.82, 2.24) is 14.9 Å². The summed E-state index contributed by atoms with van der Waals surface area (Å²) >= 11 is 1.76. The van der Waals surface area contributed by atoms with E-state index in [1.165, 1.54) is 9.75 Å². The van der Waals surface area contributed by atoms with Gasteiger partial charge in [-0.25, -0.2) is 9.97 Å². The molecule has 0 bridgehead atoms. The fourth-order valence-corrected chi connectivity index (χ4v) is 5.75. The minimum absolute atomic E-state index is 0.0184. The Morgan fingerprint density at radius 2 is 1.78 bits per heavy atom. The normalized spacial score (nSPS) is 15.7. The number of fused-ring (bicyclic) bond motifs is 1. The minimum Gasteiger partial charge on any atom is -0.505 e. The first-order valence-electron chi connectivity index (χ1n) is 12.3. The number of anilines is 5. The Bertz CT molecular complexity index is 1280. The van der Waals surface area contributed by atoms with E-state index in [0.717, 1.165) is 25.9 Å². The lowest BCUT2D eigenvalue weighted by atomic mass is 9.86. The number of hydrogen-bond acceptors (Lipinski definition) is 9. The maximum absolute atomic E-state index is 13.0. The van der Waals surface area contributed by atoms with E-state index in [1.807, 2.05) is 0 Å². The molecule has 0 spiro atoms. The SMILES string of the molecule is Cc1ccc([C@H](Nc2nc3c(nc2Nc2cccc(C(=O)N4CCCC4)c2O)NCN3)C(C)(C)C)s1. The third-order valence-electron chi connectivity index (χ3n) is 6.51. The zero-order chi connectivity index (χ0) is 25.4. The molecular weight excluding hydrogens is 474 g/mol. The maximum Gasteiger partial charge on any atom is 0.257 e. The third-order valence-corrected chi connectivity index (χ3v) is 7.58. The van der Waals surface area contributed by atoms with Crippen LogP contribution in [0.15, 0.2) is 30.3 Å². The van der Waals surface area contributed by atoms with E-state index < -0.39 is 0 Å². The maximum atomic E-state index is 13.0. The summed E-state index contributed by atoms with van der Waals surface area (Å²) in [5, 5.41) is 24.3. The monoisotopic (exact) mass is 507 g/mol. The summed E-state index contributed by atoms with van der Waals surface area (Å²) in [5.41, 5.74) is 0.583. The van der Waals surface area contributed by atoms with Crippen LogP contribution < -0.4 is 21.3 Å². The molecule has 2 aliphatic rings. The third kappa shape index (κ3) is 4.77. The van der Waals surface area contributed by atoms with E-state index in [1.54, 1.807) is 34.4 Å². The van der Waals surface area contributed by atoms with Crippen LogP contribution in [-0.2, 0) is 0 Å². The number of nitrogens with one attached hydrogen (secondary N) is 4. The number of rotatable bonds is 6. The summed E-state index contributed by atoms with van der Waals surface area (Å²) in [6, 6.07) is 9.43. The number of thiophene rings is 1. The van der Waals surface area contributed by atoms with E-state index in [4.69, 9.17) is 9.97 Å². The van der Waals surface area contributed by atoms with Crippen molar-refractivity contribution in [2.24, 2.45) is 5.41 Å². The summed E-state index contributed by atoms with van der Waals surface area (Å²) in [4.78, 5) is 26.8. The lowest BCUT2D eigenvalue weighted by Crippen LogP contribution is -2.27. The van der Waals surface area contributed by atoms with Gasteiger partial charge in [0, 0.05) is 22.8 Å². The number of nitrogens with zero attached hydrogens (tertiary/aromatic N) is 3. The van der Waals surface area contributed by atoms with Crippen LogP contribution in [0.2, 0.25) is 0 Å². The number of phenolic OH excluding ortho intramolecular Hbond substituents is 1. The molecule has 0 unspecified atom stereocenters. The van der Waals surface area contributed by atoms with Gasteiger partial charge in [-0.05, 0) is 49.4 Å². The highest BCUT2D eigenvalue weighted by Crippen LogP contribution is 2.42. The molecule has 9 nitrogen and oxygen atoms in total. The van der Waals surface area contributed by atoms with Crippen LogP contribution in [-0.4, -0.2) is 45.6 Å². The average Bonchev–Trinajstić information content (AvgIpc) is 3.59. The number of para-hydroxylation sites is 1. The highest BCUT2D eigenvalue weighted by molar-refractivity contribution is 7.12. The van der Waals surface area contributed by atoms with Gasteiger partial charge < -0.3 is 31.3 Å². The zero-order valence-corrected chi connectivity index (χ0v) is 21.9. The Morgan fingerprint density at radius 1 is 1.08 bits per heavy atom. The van der Waals surface area contributed by atoms with Gasteiger partial charge in [0.2, 0.25) is 0 Å². The van der Waals surface area contributed by atoms with Gasteiger partial charge in [0.15, 0.2) is 29.0 Å². The van der Waals surface area contributed by atoms with Crippen LogP contribution in [0.3, 0.4) is 0 Å². The second-order valence-corrected chi connectivity index (χ2v) is 11.7. The molecule has 5 N–H and O–H groups in total. The van der Waals surface area contributed by atoms with Crippen molar-refractivity contribution >= 4 is 46.2 Å². The standard InChI is InChI=1S/C26H33N7O2S/c1-15-10-11-18(36-15)20(26(2,3)4)30-24-23(31-21-22(32-24)28-14-27-21)29-17-9-7-8-16(19(17)34)25(35)33-12-5-6-13-33/h7-11,20,34H,5-6,12-14H2,1-4H3,(H2,27,29,31)(H2,28,30,32)/t20-/m0/s1. The molecule has 2 aliphatic heterocycles. The first-order valence-corrected chi connectivity index (χ1v) is 13.1. The smallest absolute Gasteiger partial charge is 0.257 e. The topological polar surface area (TPSA) is 114 Å². The van der Waals surface area contributed by atoms with Crippen LogP contribution in [0.5, 0.6) is 5.75 Å². The summed E-state index contributed by atoms with van der Waals surface area (Å²) in [6.45, 7) is 10.6. The van der Waals surface area contributed by atoms with Crippen molar-refractivity contribution in [3.8, 4) is 5.75 Å².